The lowest BCUT2D eigenvalue weighted by atomic mass is 10.1. The Labute approximate surface area is 124 Å². The Kier molecular flexibility index (Phi) is 3.53. The van der Waals surface area contributed by atoms with E-state index in [1.54, 1.807) is 0 Å². The molecule has 1 aliphatic rings. The average Bonchev–Trinajstić information content (AvgIpc) is 3.19. The van der Waals surface area contributed by atoms with Crippen LogP contribution in [-0.4, -0.2) is 16.9 Å². The van der Waals surface area contributed by atoms with Crippen molar-refractivity contribution in [2.45, 2.75) is 18.4 Å². The summed E-state index contributed by atoms with van der Waals surface area (Å²) in [6.07, 6.45) is 0.905. The van der Waals surface area contributed by atoms with Crippen LogP contribution in [0.5, 0.6) is 0 Å². The summed E-state index contributed by atoms with van der Waals surface area (Å²) in [4.78, 5) is 15.5. The van der Waals surface area contributed by atoms with E-state index in [2.05, 4.69) is 26.2 Å². The lowest BCUT2D eigenvalue weighted by Crippen LogP contribution is -2.27. The molecular weight excluding hydrogens is 323 g/mol. The van der Waals surface area contributed by atoms with Gasteiger partial charge in [0.25, 0.3) is 5.91 Å². The molecule has 2 aromatic rings. The lowest BCUT2D eigenvalue weighted by molar-refractivity contribution is 0.0944. The molecule has 0 spiro atoms. The third kappa shape index (κ3) is 2.88. The highest BCUT2D eigenvalue weighted by Gasteiger charge is 2.39. The first-order chi connectivity index (χ1) is 9.63. The van der Waals surface area contributed by atoms with Crippen LogP contribution >= 0.6 is 15.9 Å². The minimum Gasteiger partial charge on any atom is -0.347 e. The first-order valence-electron chi connectivity index (χ1n) is 6.32. The summed E-state index contributed by atoms with van der Waals surface area (Å²) in [5.74, 6) is -0.632. The monoisotopic (exact) mass is 334 g/mol. The normalized spacial score (nSPS) is 20.5. The van der Waals surface area contributed by atoms with E-state index in [1.165, 1.54) is 23.8 Å². The average molecular weight is 335 g/mol. The number of hydrogen-bond donors (Lipinski definition) is 1. The van der Waals surface area contributed by atoms with Gasteiger partial charge in [0.05, 0.1) is 0 Å². The number of pyridine rings is 1. The fourth-order valence-corrected chi connectivity index (χ4v) is 2.47. The van der Waals surface area contributed by atoms with Crippen LogP contribution < -0.4 is 5.32 Å². The van der Waals surface area contributed by atoms with Crippen molar-refractivity contribution in [1.29, 1.82) is 0 Å². The molecule has 3 rings (SSSR count). The highest BCUT2D eigenvalue weighted by atomic mass is 79.9. The number of amides is 1. The summed E-state index contributed by atoms with van der Waals surface area (Å²) in [6.45, 7) is 0. The lowest BCUT2D eigenvalue weighted by Gasteiger charge is -2.04. The molecule has 1 fully saturated rings. The van der Waals surface area contributed by atoms with Crippen molar-refractivity contribution in [2.24, 2.45) is 0 Å². The number of hydrogen-bond acceptors (Lipinski definition) is 2. The molecule has 0 unspecified atom stereocenters. The van der Waals surface area contributed by atoms with Crippen molar-refractivity contribution in [1.82, 2.24) is 10.3 Å². The summed E-state index contributed by atoms with van der Waals surface area (Å²) >= 11 is 3.39. The van der Waals surface area contributed by atoms with Gasteiger partial charge in [-0.3, -0.25) is 4.79 Å². The van der Waals surface area contributed by atoms with Crippen LogP contribution in [-0.2, 0) is 0 Å². The summed E-state index contributed by atoms with van der Waals surface area (Å²) in [7, 11) is 0. The second-order valence-electron chi connectivity index (χ2n) is 4.82. The van der Waals surface area contributed by atoms with E-state index in [0.717, 1.165) is 10.9 Å². The minimum atomic E-state index is -0.641. The number of nitrogens with one attached hydrogen (secondary N) is 1. The zero-order valence-electron chi connectivity index (χ0n) is 10.5. The van der Waals surface area contributed by atoms with E-state index in [1.807, 2.05) is 24.3 Å². The molecule has 0 aliphatic heterocycles. The second kappa shape index (κ2) is 5.32. The van der Waals surface area contributed by atoms with Gasteiger partial charge in [-0.15, -0.1) is 0 Å². The largest absolute Gasteiger partial charge is 0.347 e. The molecule has 1 aromatic heterocycles. The predicted molar refractivity (Wildman–Crippen MR) is 76.9 cm³/mol. The predicted octanol–water partition coefficient (Wildman–Crippen LogP) is 3.27. The molecule has 1 saturated carbocycles. The van der Waals surface area contributed by atoms with Crippen molar-refractivity contribution in [3.63, 3.8) is 0 Å². The number of rotatable bonds is 3. The van der Waals surface area contributed by atoms with Crippen LogP contribution in [0.2, 0.25) is 0 Å². The summed E-state index contributed by atoms with van der Waals surface area (Å²) in [6, 6.07) is 12.4. The molecule has 20 heavy (non-hydrogen) atoms. The molecule has 1 aromatic carbocycles. The Morgan fingerprint density at radius 3 is 2.70 bits per heavy atom. The van der Waals surface area contributed by atoms with E-state index in [0.29, 0.717) is 5.92 Å². The maximum Gasteiger partial charge on any atom is 0.270 e. The Balaban J connectivity index is 1.63. The molecule has 102 valence electrons. The van der Waals surface area contributed by atoms with Gasteiger partial charge in [0.15, 0.2) is 0 Å². The molecule has 5 heteroatoms. The van der Waals surface area contributed by atoms with Gasteiger partial charge in [-0.25, -0.2) is 4.98 Å². The summed E-state index contributed by atoms with van der Waals surface area (Å²) in [5, 5.41) is 2.88. The van der Waals surface area contributed by atoms with Gasteiger partial charge in [-0.1, -0.05) is 34.1 Å². The van der Waals surface area contributed by atoms with Crippen LogP contribution in [0.1, 0.15) is 28.4 Å². The molecule has 1 N–H and O–H groups in total. The number of benzene rings is 1. The Bertz CT molecular complexity index is 645. The molecule has 1 heterocycles. The maximum atomic E-state index is 13.0. The van der Waals surface area contributed by atoms with Crippen LogP contribution in [0, 0.1) is 5.95 Å². The van der Waals surface area contributed by atoms with E-state index in [9.17, 15) is 9.18 Å². The van der Waals surface area contributed by atoms with Gasteiger partial charge in [0.2, 0.25) is 5.95 Å². The number of carbonyl (C=O) groups excluding carboxylic acids is 1. The topological polar surface area (TPSA) is 42.0 Å². The molecule has 0 bridgehead atoms. The van der Waals surface area contributed by atoms with Gasteiger partial charge < -0.3 is 5.32 Å². The van der Waals surface area contributed by atoms with E-state index >= 15 is 0 Å². The van der Waals surface area contributed by atoms with Crippen LogP contribution in [0.15, 0.2) is 46.9 Å². The number of carbonyl (C=O) groups is 1. The molecule has 2 atom stereocenters. The Hall–Kier alpha value is -1.75. The molecule has 0 saturated heterocycles. The van der Waals surface area contributed by atoms with Crippen molar-refractivity contribution in [3.05, 3.63) is 64.1 Å². The Morgan fingerprint density at radius 2 is 2.00 bits per heavy atom. The van der Waals surface area contributed by atoms with Gasteiger partial charge in [-0.2, -0.15) is 4.39 Å². The summed E-state index contributed by atoms with van der Waals surface area (Å²) < 4.78 is 14.0. The van der Waals surface area contributed by atoms with Crippen molar-refractivity contribution in [2.75, 3.05) is 0 Å². The van der Waals surface area contributed by atoms with Gasteiger partial charge >= 0.3 is 0 Å². The fraction of sp³-hybridized carbons (Fsp3) is 0.200. The third-order valence-corrected chi connectivity index (χ3v) is 3.88. The zero-order valence-corrected chi connectivity index (χ0v) is 12.1. The molecule has 0 radical (unpaired) electrons. The van der Waals surface area contributed by atoms with E-state index in [4.69, 9.17) is 0 Å². The van der Waals surface area contributed by atoms with Gasteiger partial charge in [0, 0.05) is 16.4 Å². The van der Waals surface area contributed by atoms with Crippen molar-refractivity contribution < 1.29 is 9.18 Å². The zero-order chi connectivity index (χ0) is 14.1. The maximum absolute atomic E-state index is 13.0. The van der Waals surface area contributed by atoms with Gasteiger partial charge in [-0.05, 0) is 36.2 Å². The number of halogens is 2. The Morgan fingerprint density at radius 1 is 1.25 bits per heavy atom. The first-order valence-corrected chi connectivity index (χ1v) is 7.11. The number of aromatic nitrogens is 1. The summed E-state index contributed by atoms with van der Waals surface area (Å²) in [5.41, 5.74) is 1.32. The fourth-order valence-electron chi connectivity index (χ4n) is 2.21. The standard InChI is InChI=1S/C15H12BrFN2O/c16-10-6-4-9(5-7-10)11-8-13(11)19-15(20)12-2-1-3-14(17)18-12/h1-7,11,13H,8H2,(H,19,20)/t11-,13+/m0/s1. The minimum absolute atomic E-state index is 0.105. The van der Waals surface area contributed by atoms with Crippen LogP contribution in [0.3, 0.4) is 0 Å². The van der Waals surface area contributed by atoms with Crippen molar-refractivity contribution in [3.8, 4) is 0 Å². The van der Waals surface area contributed by atoms with Gasteiger partial charge in [0.1, 0.15) is 5.69 Å². The van der Waals surface area contributed by atoms with E-state index in [-0.39, 0.29) is 17.6 Å². The second-order valence-corrected chi connectivity index (χ2v) is 5.73. The quantitative estimate of drug-likeness (QED) is 0.875. The first kappa shape index (κ1) is 13.2. The SMILES string of the molecule is O=C(N[C@@H]1C[C@H]1c1ccc(Br)cc1)c1cccc(F)n1. The van der Waals surface area contributed by atoms with Crippen molar-refractivity contribution >= 4 is 21.8 Å². The highest BCUT2D eigenvalue weighted by molar-refractivity contribution is 9.10. The van der Waals surface area contributed by atoms with Crippen LogP contribution in [0.4, 0.5) is 4.39 Å². The van der Waals surface area contributed by atoms with Crippen LogP contribution in [0.25, 0.3) is 0 Å². The molecule has 1 aliphatic carbocycles. The third-order valence-electron chi connectivity index (χ3n) is 3.35. The highest BCUT2D eigenvalue weighted by Crippen LogP contribution is 2.41. The molecule has 3 nitrogen and oxygen atoms in total. The molecule has 1 amide bonds. The van der Waals surface area contributed by atoms with E-state index < -0.39 is 5.95 Å². The smallest absolute Gasteiger partial charge is 0.270 e. The number of nitrogens with zero attached hydrogens (tertiary/aromatic N) is 1. The molecular formula is C15H12BrFN2O.